The van der Waals surface area contributed by atoms with Gasteiger partial charge < -0.3 is 15.2 Å². The molecular weight excluding hydrogens is 226 g/mol. The molecule has 1 fully saturated rings. The summed E-state index contributed by atoms with van der Waals surface area (Å²) in [7, 11) is 0. The molecule has 0 spiro atoms. The van der Waals surface area contributed by atoms with E-state index in [-0.39, 0.29) is 18.2 Å². The van der Waals surface area contributed by atoms with E-state index < -0.39 is 0 Å². The molecule has 100 valence electrons. The molecule has 18 heavy (non-hydrogen) atoms. The van der Waals surface area contributed by atoms with Crippen LogP contribution in [-0.4, -0.2) is 24.9 Å². The number of rotatable bonds is 4. The smallest absolute Gasteiger partial charge is 0.0803 e. The standard InChI is InChI=1S/C15H23NO2/c1-3-14-11(2)15(13(16)10-17-14)18-9-12-7-5-4-6-8-12/h4-8,11,13-15H,3,9-10,16H2,1-2H3/t11-,13-,14+,15-/m0/s1. The zero-order chi connectivity index (χ0) is 13.0. The Morgan fingerprint density at radius 2 is 2.06 bits per heavy atom. The lowest BCUT2D eigenvalue weighted by atomic mass is 9.89. The second-order valence-electron chi connectivity index (χ2n) is 5.06. The lowest BCUT2D eigenvalue weighted by Crippen LogP contribution is -2.53. The van der Waals surface area contributed by atoms with Crippen LogP contribution in [0.5, 0.6) is 0 Å². The summed E-state index contributed by atoms with van der Waals surface area (Å²) in [6.45, 7) is 5.54. The Bertz CT molecular complexity index is 355. The van der Waals surface area contributed by atoms with Crippen molar-refractivity contribution in [1.82, 2.24) is 0 Å². The van der Waals surface area contributed by atoms with Crippen molar-refractivity contribution in [2.24, 2.45) is 11.7 Å². The maximum Gasteiger partial charge on any atom is 0.0803 e. The number of benzene rings is 1. The summed E-state index contributed by atoms with van der Waals surface area (Å²) in [6, 6.07) is 10.2. The van der Waals surface area contributed by atoms with E-state index in [1.807, 2.05) is 18.2 Å². The summed E-state index contributed by atoms with van der Waals surface area (Å²) in [5, 5.41) is 0. The Balaban J connectivity index is 1.94. The van der Waals surface area contributed by atoms with Gasteiger partial charge in [-0.1, -0.05) is 44.2 Å². The molecular formula is C15H23NO2. The van der Waals surface area contributed by atoms with E-state index in [0.29, 0.717) is 19.1 Å². The maximum atomic E-state index is 6.10. The highest BCUT2D eigenvalue weighted by molar-refractivity contribution is 5.13. The molecule has 3 nitrogen and oxygen atoms in total. The number of hydrogen-bond acceptors (Lipinski definition) is 3. The zero-order valence-electron chi connectivity index (χ0n) is 11.2. The molecule has 0 aromatic heterocycles. The third-order valence-electron chi connectivity index (χ3n) is 3.72. The van der Waals surface area contributed by atoms with E-state index in [1.165, 1.54) is 5.56 Å². The molecule has 0 saturated carbocycles. The summed E-state index contributed by atoms with van der Waals surface area (Å²) < 4.78 is 11.7. The zero-order valence-corrected chi connectivity index (χ0v) is 11.2. The van der Waals surface area contributed by atoms with Crippen LogP contribution in [0, 0.1) is 5.92 Å². The molecule has 1 aliphatic rings. The highest BCUT2D eigenvalue weighted by atomic mass is 16.5. The van der Waals surface area contributed by atoms with Gasteiger partial charge in [-0.15, -0.1) is 0 Å². The topological polar surface area (TPSA) is 44.5 Å². The predicted octanol–water partition coefficient (Wildman–Crippen LogP) is 2.34. The van der Waals surface area contributed by atoms with Gasteiger partial charge in [-0.05, 0) is 12.0 Å². The first-order valence-electron chi connectivity index (χ1n) is 6.75. The Kier molecular flexibility index (Phi) is 4.75. The van der Waals surface area contributed by atoms with Crippen LogP contribution in [0.4, 0.5) is 0 Å². The van der Waals surface area contributed by atoms with Crippen molar-refractivity contribution in [3.05, 3.63) is 35.9 Å². The third-order valence-corrected chi connectivity index (χ3v) is 3.72. The minimum Gasteiger partial charge on any atom is -0.376 e. The van der Waals surface area contributed by atoms with Crippen molar-refractivity contribution in [3.8, 4) is 0 Å². The maximum absolute atomic E-state index is 6.10. The molecule has 3 heteroatoms. The van der Waals surface area contributed by atoms with Gasteiger partial charge in [-0.3, -0.25) is 0 Å². The number of hydrogen-bond donors (Lipinski definition) is 1. The van der Waals surface area contributed by atoms with E-state index in [4.69, 9.17) is 15.2 Å². The molecule has 2 N–H and O–H groups in total. The monoisotopic (exact) mass is 249 g/mol. The van der Waals surface area contributed by atoms with Gasteiger partial charge in [0.15, 0.2) is 0 Å². The second-order valence-corrected chi connectivity index (χ2v) is 5.06. The Labute approximate surface area is 109 Å². The lowest BCUT2D eigenvalue weighted by Gasteiger charge is -2.39. The molecule has 1 aromatic rings. The molecule has 2 rings (SSSR count). The van der Waals surface area contributed by atoms with Gasteiger partial charge in [0.05, 0.1) is 31.5 Å². The van der Waals surface area contributed by atoms with Crippen molar-refractivity contribution in [2.45, 2.75) is 45.1 Å². The van der Waals surface area contributed by atoms with E-state index in [2.05, 4.69) is 26.0 Å². The first-order valence-corrected chi connectivity index (χ1v) is 6.75. The first-order chi connectivity index (χ1) is 8.72. The van der Waals surface area contributed by atoms with E-state index >= 15 is 0 Å². The highest BCUT2D eigenvalue weighted by Crippen LogP contribution is 2.25. The van der Waals surface area contributed by atoms with E-state index in [1.54, 1.807) is 0 Å². The molecule has 1 aliphatic heterocycles. The Hall–Kier alpha value is -0.900. The third kappa shape index (κ3) is 3.10. The summed E-state index contributed by atoms with van der Waals surface area (Å²) in [5.74, 6) is 0.350. The van der Waals surface area contributed by atoms with Gasteiger partial charge >= 0.3 is 0 Å². The van der Waals surface area contributed by atoms with Crippen molar-refractivity contribution >= 4 is 0 Å². The van der Waals surface area contributed by atoms with Crippen molar-refractivity contribution in [3.63, 3.8) is 0 Å². The molecule has 0 amide bonds. The van der Waals surface area contributed by atoms with Gasteiger partial charge in [-0.25, -0.2) is 0 Å². The fraction of sp³-hybridized carbons (Fsp3) is 0.600. The van der Waals surface area contributed by atoms with Gasteiger partial charge in [-0.2, -0.15) is 0 Å². The molecule has 0 radical (unpaired) electrons. The fourth-order valence-corrected chi connectivity index (χ4v) is 2.61. The minimum absolute atomic E-state index is 0.0217. The molecule has 1 heterocycles. The summed E-state index contributed by atoms with van der Waals surface area (Å²) in [4.78, 5) is 0. The van der Waals surface area contributed by atoms with Crippen LogP contribution >= 0.6 is 0 Å². The molecule has 1 saturated heterocycles. The van der Waals surface area contributed by atoms with Crippen LogP contribution in [-0.2, 0) is 16.1 Å². The molecule has 0 unspecified atom stereocenters. The average Bonchev–Trinajstić information content (AvgIpc) is 2.40. The molecule has 1 aromatic carbocycles. The number of ether oxygens (including phenoxy) is 2. The van der Waals surface area contributed by atoms with Crippen LogP contribution < -0.4 is 5.73 Å². The highest BCUT2D eigenvalue weighted by Gasteiger charge is 2.35. The van der Waals surface area contributed by atoms with Crippen molar-refractivity contribution in [1.29, 1.82) is 0 Å². The summed E-state index contributed by atoms with van der Waals surface area (Å²) in [5.41, 5.74) is 7.29. The molecule has 0 bridgehead atoms. The van der Waals surface area contributed by atoms with Crippen LogP contribution in [0.15, 0.2) is 30.3 Å². The van der Waals surface area contributed by atoms with E-state index in [9.17, 15) is 0 Å². The minimum atomic E-state index is -0.0217. The van der Waals surface area contributed by atoms with Crippen LogP contribution in [0.3, 0.4) is 0 Å². The van der Waals surface area contributed by atoms with E-state index in [0.717, 1.165) is 6.42 Å². The van der Waals surface area contributed by atoms with Crippen molar-refractivity contribution < 1.29 is 9.47 Å². The largest absolute Gasteiger partial charge is 0.376 e. The quantitative estimate of drug-likeness (QED) is 0.890. The normalized spacial score (nSPS) is 32.4. The SMILES string of the molecule is CC[C@H]1OC[C@H](N)[C@@H](OCc2ccccc2)[C@H]1C. The second kappa shape index (κ2) is 6.32. The van der Waals surface area contributed by atoms with Crippen molar-refractivity contribution in [2.75, 3.05) is 6.61 Å². The first kappa shape index (κ1) is 13.5. The predicted molar refractivity (Wildman–Crippen MR) is 72.2 cm³/mol. The fourth-order valence-electron chi connectivity index (χ4n) is 2.61. The lowest BCUT2D eigenvalue weighted by molar-refractivity contribution is -0.128. The summed E-state index contributed by atoms with van der Waals surface area (Å²) in [6.07, 6.45) is 1.37. The Morgan fingerprint density at radius 1 is 1.33 bits per heavy atom. The van der Waals surface area contributed by atoms with Crippen LogP contribution in [0.1, 0.15) is 25.8 Å². The van der Waals surface area contributed by atoms with Gasteiger partial charge in [0, 0.05) is 5.92 Å². The van der Waals surface area contributed by atoms with Gasteiger partial charge in [0.1, 0.15) is 0 Å². The summed E-state index contributed by atoms with van der Waals surface area (Å²) >= 11 is 0. The Morgan fingerprint density at radius 3 is 2.72 bits per heavy atom. The number of nitrogens with two attached hydrogens (primary N) is 1. The van der Waals surface area contributed by atoms with Gasteiger partial charge in [0.2, 0.25) is 0 Å². The van der Waals surface area contributed by atoms with Gasteiger partial charge in [0.25, 0.3) is 0 Å². The van der Waals surface area contributed by atoms with Crippen LogP contribution in [0.25, 0.3) is 0 Å². The van der Waals surface area contributed by atoms with Crippen LogP contribution in [0.2, 0.25) is 0 Å². The molecule has 0 aliphatic carbocycles. The average molecular weight is 249 g/mol. The molecule has 4 atom stereocenters.